The fourth-order valence-electron chi connectivity index (χ4n) is 2.88. The number of aromatic nitrogens is 2. The van der Waals surface area contributed by atoms with Crippen molar-refractivity contribution in [2.75, 3.05) is 0 Å². The van der Waals surface area contributed by atoms with E-state index in [2.05, 4.69) is 4.98 Å². The monoisotopic (exact) mass is 356 g/mol. The summed E-state index contributed by atoms with van der Waals surface area (Å²) < 4.78 is 14.5. The first kappa shape index (κ1) is 17.6. The molecule has 0 amide bonds. The summed E-state index contributed by atoms with van der Waals surface area (Å²) in [6, 6.07) is 5.13. The van der Waals surface area contributed by atoms with Crippen molar-refractivity contribution < 1.29 is 24.2 Å². The molecule has 0 spiro atoms. The summed E-state index contributed by atoms with van der Waals surface area (Å²) in [7, 11) is 0. The third kappa shape index (κ3) is 3.03. The van der Waals surface area contributed by atoms with E-state index >= 15 is 0 Å². The minimum Gasteiger partial charge on any atom is -0.504 e. The van der Waals surface area contributed by atoms with Crippen LogP contribution >= 0.6 is 0 Å². The first-order valence-corrected chi connectivity index (χ1v) is 8.01. The van der Waals surface area contributed by atoms with Crippen molar-refractivity contribution in [1.82, 2.24) is 9.38 Å². The molecule has 0 unspecified atom stereocenters. The van der Waals surface area contributed by atoms with Crippen molar-refractivity contribution in [3.8, 4) is 5.75 Å². The zero-order valence-electron chi connectivity index (χ0n) is 14.3. The van der Waals surface area contributed by atoms with Crippen molar-refractivity contribution >= 4 is 17.4 Å². The van der Waals surface area contributed by atoms with Crippen LogP contribution in [0, 0.1) is 19.7 Å². The number of carbonyl (C=O) groups excluding carboxylic acids is 1. The Balaban J connectivity index is 1.97. The second kappa shape index (κ2) is 6.59. The second-order valence-corrected chi connectivity index (χ2v) is 6.08. The number of aryl methyl sites for hydroxylation is 2. The Hall–Kier alpha value is -3.22. The number of imidazole rings is 1. The Bertz CT molecular complexity index is 1020. The molecule has 2 N–H and O–H groups in total. The minimum absolute atomic E-state index is 0.0195. The Morgan fingerprint density at radius 1 is 1.19 bits per heavy atom. The van der Waals surface area contributed by atoms with Crippen LogP contribution < -0.4 is 0 Å². The van der Waals surface area contributed by atoms with Gasteiger partial charge in [0, 0.05) is 29.4 Å². The predicted octanol–water partition coefficient (Wildman–Crippen LogP) is 3.31. The molecule has 0 atom stereocenters. The number of pyridine rings is 1. The number of carbonyl (C=O) groups is 2. The quantitative estimate of drug-likeness (QED) is 0.684. The standard InChI is InChI=1S/C19H17FN2O4/c1-10-11(2)22-9-15(19(25)26)14(17(24)18(22)21-10)7-8-16(23)12-3-5-13(20)6-4-12/h3-6,9,24H,7-8H2,1-2H3,(H,25,26). The average molecular weight is 356 g/mol. The molecule has 0 aliphatic rings. The molecule has 134 valence electrons. The Kier molecular flexibility index (Phi) is 4.46. The Morgan fingerprint density at radius 3 is 2.46 bits per heavy atom. The number of hydrogen-bond acceptors (Lipinski definition) is 4. The largest absolute Gasteiger partial charge is 0.504 e. The van der Waals surface area contributed by atoms with Gasteiger partial charge in [-0.15, -0.1) is 0 Å². The maximum atomic E-state index is 13.0. The summed E-state index contributed by atoms with van der Waals surface area (Å²) in [6.45, 7) is 3.54. The number of fused-ring (bicyclic) bond motifs is 1. The molecule has 0 radical (unpaired) electrons. The number of nitrogens with zero attached hydrogens (tertiary/aromatic N) is 2. The van der Waals surface area contributed by atoms with Gasteiger partial charge in [-0.3, -0.25) is 4.79 Å². The normalized spacial score (nSPS) is 11.0. The number of halogens is 1. The van der Waals surface area contributed by atoms with Gasteiger partial charge in [0.25, 0.3) is 0 Å². The summed E-state index contributed by atoms with van der Waals surface area (Å²) in [5.74, 6) is -2.15. The van der Waals surface area contributed by atoms with Crippen LogP contribution in [0.2, 0.25) is 0 Å². The van der Waals surface area contributed by atoms with Crippen LogP contribution in [0.25, 0.3) is 5.65 Å². The number of hydrogen-bond donors (Lipinski definition) is 2. The van der Waals surface area contributed by atoms with Crippen LogP contribution in [-0.2, 0) is 6.42 Å². The first-order chi connectivity index (χ1) is 12.3. The summed E-state index contributed by atoms with van der Waals surface area (Å²) in [5.41, 5.74) is 2.07. The fraction of sp³-hybridized carbons (Fsp3) is 0.211. The molecule has 3 aromatic rings. The van der Waals surface area contributed by atoms with Crippen LogP contribution in [0.15, 0.2) is 30.5 Å². The van der Waals surface area contributed by atoms with Crippen LogP contribution in [0.5, 0.6) is 5.75 Å². The number of ketones is 1. The molecule has 0 fully saturated rings. The molecule has 0 saturated heterocycles. The minimum atomic E-state index is -1.20. The summed E-state index contributed by atoms with van der Waals surface area (Å²) in [4.78, 5) is 28.1. The van der Waals surface area contributed by atoms with E-state index in [1.165, 1.54) is 34.9 Å². The number of carboxylic acid groups (broad SMARTS) is 1. The first-order valence-electron chi connectivity index (χ1n) is 8.01. The van der Waals surface area contributed by atoms with E-state index in [4.69, 9.17) is 0 Å². The Morgan fingerprint density at radius 2 is 1.85 bits per heavy atom. The van der Waals surface area contributed by atoms with Crippen molar-refractivity contribution in [3.63, 3.8) is 0 Å². The third-order valence-electron chi connectivity index (χ3n) is 4.47. The van der Waals surface area contributed by atoms with E-state index < -0.39 is 11.8 Å². The molecule has 0 bridgehead atoms. The molecular weight excluding hydrogens is 339 g/mol. The lowest BCUT2D eigenvalue weighted by Gasteiger charge is -2.11. The van der Waals surface area contributed by atoms with E-state index in [9.17, 15) is 24.2 Å². The molecule has 26 heavy (non-hydrogen) atoms. The molecule has 3 rings (SSSR count). The SMILES string of the molecule is Cc1nc2c(O)c(CCC(=O)c3ccc(F)cc3)c(C(=O)O)cn2c1C. The highest BCUT2D eigenvalue weighted by molar-refractivity contribution is 5.97. The summed E-state index contributed by atoms with van der Waals surface area (Å²) in [6.07, 6.45) is 1.42. The second-order valence-electron chi connectivity index (χ2n) is 6.08. The van der Waals surface area contributed by atoms with Gasteiger partial charge in [0.2, 0.25) is 0 Å². The molecule has 2 aromatic heterocycles. The highest BCUT2D eigenvalue weighted by Gasteiger charge is 2.21. The van der Waals surface area contributed by atoms with E-state index in [0.717, 1.165) is 5.69 Å². The van der Waals surface area contributed by atoms with Crippen LogP contribution in [0.4, 0.5) is 4.39 Å². The lowest BCUT2D eigenvalue weighted by atomic mass is 9.99. The average Bonchev–Trinajstić information content (AvgIpc) is 2.89. The predicted molar refractivity (Wildman–Crippen MR) is 92.3 cm³/mol. The molecule has 2 heterocycles. The van der Waals surface area contributed by atoms with Gasteiger partial charge in [-0.25, -0.2) is 14.2 Å². The highest BCUT2D eigenvalue weighted by Crippen LogP contribution is 2.30. The molecule has 0 aliphatic carbocycles. The van der Waals surface area contributed by atoms with Crippen LogP contribution in [0.3, 0.4) is 0 Å². The highest BCUT2D eigenvalue weighted by atomic mass is 19.1. The van der Waals surface area contributed by atoms with Gasteiger partial charge < -0.3 is 14.6 Å². The number of benzene rings is 1. The number of rotatable bonds is 5. The number of Topliss-reactive ketones (excluding diaryl/α,β-unsaturated/α-hetero) is 1. The smallest absolute Gasteiger partial charge is 0.337 e. The molecule has 0 aliphatic heterocycles. The van der Waals surface area contributed by atoms with Crippen LogP contribution in [-0.4, -0.2) is 31.4 Å². The zero-order valence-corrected chi connectivity index (χ0v) is 14.3. The lowest BCUT2D eigenvalue weighted by Crippen LogP contribution is -2.09. The van der Waals surface area contributed by atoms with Gasteiger partial charge in [-0.1, -0.05) is 0 Å². The zero-order chi connectivity index (χ0) is 19.0. The van der Waals surface area contributed by atoms with E-state index in [1.54, 1.807) is 13.8 Å². The van der Waals surface area contributed by atoms with Crippen molar-refractivity contribution in [1.29, 1.82) is 0 Å². The summed E-state index contributed by atoms with van der Waals surface area (Å²) >= 11 is 0. The van der Waals surface area contributed by atoms with E-state index in [1.807, 2.05) is 0 Å². The maximum absolute atomic E-state index is 13.0. The van der Waals surface area contributed by atoms with E-state index in [0.29, 0.717) is 11.3 Å². The molecule has 6 nitrogen and oxygen atoms in total. The molecule has 1 aromatic carbocycles. The number of carboxylic acids is 1. The molecule has 0 saturated carbocycles. The van der Waals surface area contributed by atoms with Crippen LogP contribution in [0.1, 0.15) is 44.1 Å². The van der Waals surface area contributed by atoms with Gasteiger partial charge >= 0.3 is 5.97 Å². The van der Waals surface area contributed by atoms with Gasteiger partial charge in [0.15, 0.2) is 17.2 Å². The van der Waals surface area contributed by atoms with Gasteiger partial charge in [0.05, 0.1) is 11.3 Å². The Labute approximate surface area is 148 Å². The van der Waals surface area contributed by atoms with Gasteiger partial charge in [0.1, 0.15) is 5.82 Å². The third-order valence-corrected chi connectivity index (χ3v) is 4.47. The molecular formula is C19H17FN2O4. The maximum Gasteiger partial charge on any atom is 0.337 e. The van der Waals surface area contributed by atoms with E-state index in [-0.39, 0.29) is 41.1 Å². The number of aromatic carboxylic acids is 1. The lowest BCUT2D eigenvalue weighted by molar-refractivity contribution is 0.0693. The van der Waals surface area contributed by atoms with Gasteiger partial charge in [-0.2, -0.15) is 0 Å². The molecule has 7 heteroatoms. The van der Waals surface area contributed by atoms with Crippen molar-refractivity contribution in [2.24, 2.45) is 0 Å². The van der Waals surface area contributed by atoms with Crippen molar-refractivity contribution in [3.05, 3.63) is 64.4 Å². The van der Waals surface area contributed by atoms with Crippen molar-refractivity contribution in [2.45, 2.75) is 26.7 Å². The van der Waals surface area contributed by atoms with Gasteiger partial charge in [-0.05, 0) is 44.5 Å². The summed E-state index contributed by atoms with van der Waals surface area (Å²) in [5, 5.41) is 20.0. The fourth-order valence-corrected chi connectivity index (χ4v) is 2.88. The topological polar surface area (TPSA) is 91.9 Å². The number of aromatic hydroxyl groups is 1.